The molecule has 0 unspecified atom stereocenters. The van der Waals surface area contributed by atoms with Gasteiger partial charge in [-0.05, 0) is 35.6 Å². The first kappa shape index (κ1) is 16.9. The van der Waals surface area contributed by atoms with Crippen LogP contribution >= 0.6 is 0 Å². The number of hydrogen-bond donors (Lipinski definition) is 1. The maximum absolute atomic E-state index is 11.9. The first-order chi connectivity index (χ1) is 9.81. The summed E-state index contributed by atoms with van der Waals surface area (Å²) in [5.41, 5.74) is 0.790. The lowest BCUT2D eigenvalue weighted by atomic mass is 9.93. The third-order valence-electron chi connectivity index (χ3n) is 3.28. The molecule has 0 spiro atoms. The van der Waals surface area contributed by atoms with Crippen LogP contribution in [0.1, 0.15) is 33.3 Å². The molecule has 0 saturated carbocycles. The number of benzene rings is 1. The number of nitro groups is 1. The van der Waals surface area contributed by atoms with Gasteiger partial charge in [0.1, 0.15) is 0 Å². The molecule has 5 nitrogen and oxygen atoms in total. The van der Waals surface area contributed by atoms with E-state index in [0.29, 0.717) is 11.8 Å². The molecule has 114 valence electrons. The molecule has 1 amide bonds. The topological polar surface area (TPSA) is 72.2 Å². The van der Waals surface area contributed by atoms with Crippen LogP contribution in [0.4, 0.5) is 5.69 Å². The number of non-ortho nitro benzene ring substituents is 1. The minimum Gasteiger partial charge on any atom is -0.349 e. The van der Waals surface area contributed by atoms with Crippen molar-refractivity contribution in [2.45, 2.75) is 33.7 Å². The first-order valence-corrected chi connectivity index (χ1v) is 7.04. The van der Waals surface area contributed by atoms with Gasteiger partial charge in [-0.1, -0.05) is 27.7 Å². The molecular weight excluding hydrogens is 268 g/mol. The van der Waals surface area contributed by atoms with Crippen molar-refractivity contribution in [1.29, 1.82) is 0 Å². The fourth-order valence-electron chi connectivity index (χ4n) is 2.19. The van der Waals surface area contributed by atoms with Gasteiger partial charge in [0.15, 0.2) is 0 Å². The van der Waals surface area contributed by atoms with Gasteiger partial charge in [-0.25, -0.2) is 0 Å². The third kappa shape index (κ3) is 5.38. The Kier molecular flexibility index (Phi) is 6.09. The zero-order valence-corrected chi connectivity index (χ0v) is 12.9. The average molecular weight is 290 g/mol. The van der Waals surface area contributed by atoms with Gasteiger partial charge in [-0.2, -0.15) is 0 Å². The summed E-state index contributed by atoms with van der Waals surface area (Å²) in [5.74, 6) is 0.573. The standard InChI is InChI=1S/C16H22N2O3/c1-11(2)16(12(3)4)17-15(19)10-7-13-5-8-14(9-6-13)18(20)21/h5-12,16H,1-4H3,(H,17,19)/b10-7+. The fourth-order valence-corrected chi connectivity index (χ4v) is 2.19. The highest BCUT2D eigenvalue weighted by molar-refractivity contribution is 5.91. The monoisotopic (exact) mass is 290 g/mol. The summed E-state index contributed by atoms with van der Waals surface area (Å²) in [6.45, 7) is 8.30. The number of rotatable bonds is 6. The third-order valence-corrected chi connectivity index (χ3v) is 3.28. The lowest BCUT2D eigenvalue weighted by Crippen LogP contribution is -2.41. The van der Waals surface area contributed by atoms with Gasteiger partial charge in [0.25, 0.3) is 5.69 Å². The van der Waals surface area contributed by atoms with Crippen LogP contribution in [0.25, 0.3) is 6.08 Å². The Morgan fingerprint density at radius 1 is 1.14 bits per heavy atom. The molecule has 1 N–H and O–H groups in total. The molecule has 5 heteroatoms. The SMILES string of the molecule is CC(C)C(NC(=O)/C=C/c1ccc([N+](=O)[O-])cc1)C(C)C. The minimum atomic E-state index is -0.448. The summed E-state index contributed by atoms with van der Waals surface area (Å²) in [6, 6.07) is 6.19. The molecule has 0 bridgehead atoms. The van der Waals surface area contributed by atoms with E-state index in [1.165, 1.54) is 18.2 Å². The first-order valence-electron chi connectivity index (χ1n) is 7.04. The quantitative estimate of drug-likeness (QED) is 0.496. The molecule has 0 aliphatic heterocycles. The summed E-state index contributed by atoms with van der Waals surface area (Å²) in [7, 11) is 0. The van der Waals surface area contributed by atoms with Crippen LogP contribution in [-0.4, -0.2) is 16.9 Å². The second-order valence-electron chi connectivity index (χ2n) is 5.70. The molecule has 0 aliphatic rings. The van der Waals surface area contributed by atoms with E-state index in [-0.39, 0.29) is 17.6 Å². The van der Waals surface area contributed by atoms with Crippen molar-refractivity contribution in [2.75, 3.05) is 0 Å². The van der Waals surface area contributed by atoms with E-state index < -0.39 is 4.92 Å². The average Bonchev–Trinajstić information content (AvgIpc) is 2.42. The van der Waals surface area contributed by atoms with Gasteiger partial charge in [-0.3, -0.25) is 14.9 Å². The van der Waals surface area contributed by atoms with Crippen molar-refractivity contribution in [3.63, 3.8) is 0 Å². The molecule has 0 heterocycles. The number of nitrogens with zero attached hydrogens (tertiary/aromatic N) is 1. The van der Waals surface area contributed by atoms with Crippen molar-refractivity contribution >= 4 is 17.7 Å². The van der Waals surface area contributed by atoms with Crippen molar-refractivity contribution < 1.29 is 9.72 Å². The Balaban J connectivity index is 2.67. The maximum atomic E-state index is 11.9. The van der Waals surface area contributed by atoms with Gasteiger partial charge >= 0.3 is 0 Å². The highest BCUT2D eigenvalue weighted by Crippen LogP contribution is 2.14. The predicted molar refractivity (Wildman–Crippen MR) is 83.7 cm³/mol. The zero-order valence-electron chi connectivity index (χ0n) is 12.9. The Labute approximate surface area is 125 Å². The van der Waals surface area contributed by atoms with E-state index in [4.69, 9.17) is 0 Å². The van der Waals surface area contributed by atoms with Crippen LogP contribution in [0.5, 0.6) is 0 Å². The molecule has 1 rings (SSSR count). The minimum absolute atomic E-state index is 0.0382. The second-order valence-corrected chi connectivity index (χ2v) is 5.70. The van der Waals surface area contributed by atoms with Crippen molar-refractivity contribution in [1.82, 2.24) is 5.32 Å². The number of nitrogens with one attached hydrogen (secondary N) is 1. The van der Waals surface area contributed by atoms with E-state index in [2.05, 4.69) is 33.0 Å². The Hall–Kier alpha value is -2.17. The molecular formula is C16H22N2O3. The Morgan fingerprint density at radius 2 is 1.67 bits per heavy atom. The fraction of sp³-hybridized carbons (Fsp3) is 0.438. The summed E-state index contributed by atoms with van der Waals surface area (Å²) < 4.78 is 0. The number of carbonyl (C=O) groups excluding carboxylic acids is 1. The predicted octanol–water partition coefficient (Wildman–Crippen LogP) is 3.40. The van der Waals surface area contributed by atoms with Gasteiger partial charge in [0, 0.05) is 24.3 Å². The van der Waals surface area contributed by atoms with E-state index >= 15 is 0 Å². The van der Waals surface area contributed by atoms with Crippen molar-refractivity contribution in [3.05, 3.63) is 46.0 Å². The molecule has 0 aromatic heterocycles. The lowest BCUT2D eigenvalue weighted by molar-refractivity contribution is -0.384. The van der Waals surface area contributed by atoms with Gasteiger partial charge in [-0.15, -0.1) is 0 Å². The highest BCUT2D eigenvalue weighted by Gasteiger charge is 2.18. The largest absolute Gasteiger partial charge is 0.349 e. The second kappa shape index (κ2) is 7.57. The smallest absolute Gasteiger partial charge is 0.269 e. The van der Waals surface area contributed by atoms with Gasteiger partial charge in [0.2, 0.25) is 5.91 Å². The normalized spacial score (nSPS) is 11.6. The number of carbonyl (C=O) groups is 1. The molecule has 0 fully saturated rings. The molecule has 1 aromatic rings. The molecule has 0 radical (unpaired) electrons. The summed E-state index contributed by atoms with van der Waals surface area (Å²) in [4.78, 5) is 22.0. The van der Waals surface area contributed by atoms with E-state index in [0.717, 1.165) is 5.56 Å². The number of hydrogen-bond acceptors (Lipinski definition) is 3. The van der Waals surface area contributed by atoms with Crippen molar-refractivity contribution in [2.24, 2.45) is 11.8 Å². The van der Waals surface area contributed by atoms with Crippen molar-refractivity contribution in [3.8, 4) is 0 Å². The molecule has 0 atom stereocenters. The maximum Gasteiger partial charge on any atom is 0.269 e. The molecule has 0 saturated heterocycles. The molecule has 0 aliphatic carbocycles. The van der Waals surface area contributed by atoms with Crippen LogP contribution in [-0.2, 0) is 4.79 Å². The molecule has 1 aromatic carbocycles. The highest BCUT2D eigenvalue weighted by atomic mass is 16.6. The van der Waals surface area contributed by atoms with E-state index in [1.54, 1.807) is 18.2 Å². The van der Waals surface area contributed by atoms with E-state index in [1.807, 2.05) is 0 Å². The zero-order chi connectivity index (χ0) is 16.0. The summed E-state index contributed by atoms with van der Waals surface area (Å²) in [5, 5.41) is 13.5. The van der Waals surface area contributed by atoms with E-state index in [9.17, 15) is 14.9 Å². The van der Waals surface area contributed by atoms with Gasteiger partial charge < -0.3 is 5.32 Å². The van der Waals surface area contributed by atoms with Crippen LogP contribution in [0.15, 0.2) is 30.3 Å². The van der Waals surface area contributed by atoms with Crippen LogP contribution < -0.4 is 5.32 Å². The molecule has 21 heavy (non-hydrogen) atoms. The number of nitro benzene ring substituents is 1. The lowest BCUT2D eigenvalue weighted by Gasteiger charge is -2.25. The Bertz CT molecular complexity index is 511. The number of amides is 1. The Morgan fingerprint density at radius 3 is 2.10 bits per heavy atom. The van der Waals surface area contributed by atoms with Crippen LogP contribution in [0.3, 0.4) is 0 Å². The summed E-state index contributed by atoms with van der Waals surface area (Å²) in [6.07, 6.45) is 3.11. The van der Waals surface area contributed by atoms with Crippen LogP contribution in [0.2, 0.25) is 0 Å². The van der Waals surface area contributed by atoms with Gasteiger partial charge in [0.05, 0.1) is 4.92 Å². The van der Waals surface area contributed by atoms with Crippen LogP contribution in [0, 0.1) is 22.0 Å². The summed E-state index contributed by atoms with van der Waals surface area (Å²) >= 11 is 0.